The zero-order chi connectivity index (χ0) is 11.7. The van der Waals surface area contributed by atoms with Crippen molar-refractivity contribution in [3.63, 3.8) is 0 Å². The maximum atomic E-state index is 5.74. The molecule has 0 amide bonds. The SMILES string of the molecule is Cc1cc(Oc2nn(C)cc2N)ccc1Br. The van der Waals surface area contributed by atoms with E-state index in [0.717, 1.165) is 15.8 Å². The number of nitrogens with two attached hydrogens (primary N) is 1. The number of anilines is 1. The molecular weight excluding hydrogens is 270 g/mol. The minimum atomic E-state index is 0.434. The number of aryl methyl sites for hydroxylation is 2. The van der Waals surface area contributed by atoms with Crippen LogP contribution in [-0.2, 0) is 7.05 Å². The molecule has 0 radical (unpaired) electrons. The van der Waals surface area contributed by atoms with E-state index in [1.165, 1.54) is 0 Å². The first-order valence-electron chi connectivity index (χ1n) is 4.79. The predicted octanol–water partition coefficient (Wildman–Crippen LogP) is 2.87. The lowest BCUT2D eigenvalue weighted by Crippen LogP contribution is -1.91. The molecule has 1 aromatic carbocycles. The van der Waals surface area contributed by atoms with Crippen molar-refractivity contribution in [3.8, 4) is 11.6 Å². The number of benzene rings is 1. The summed E-state index contributed by atoms with van der Waals surface area (Å²) in [7, 11) is 1.80. The molecule has 0 unspecified atom stereocenters. The van der Waals surface area contributed by atoms with Crippen LogP contribution in [0.5, 0.6) is 11.6 Å². The van der Waals surface area contributed by atoms with Gasteiger partial charge in [0.1, 0.15) is 11.4 Å². The Morgan fingerprint density at radius 1 is 1.44 bits per heavy atom. The maximum Gasteiger partial charge on any atom is 0.261 e. The Kier molecular flexibility index (Phi) is 2.87. The van der Waals surface area contributed by atoms with Crippen LogP contribution in [0.25, 0.3) is 0 Å². The van der Waals surface area contributed by atoms with Crippen molar-refractivity contribution in [1.29, 1.82) is 0 Å². The Morgan fingerprint density at radius 3 is 2.75 bits per heavy atom. The van der Waals surface area contributed by atoms with Crippen LogP contribution in [0.3, 0.4) is 0 Å². The number of nitrogens with zero attached hydrogens (tertiary/aromatic N) is 2. The fraction of sp³-hybridized carbons (Fsp3) is 0.182. The van der Waals surface area contributed by atoms with Crippen LogP contribution in [0.2, 0.25) is 0 Å². The van der Waals surface area contributed by atoms with Gasteiger partial charge in [0, 0.05) is 11.5 Å². The Balaban J connectivity index is 2.27. The van der Waals surface area contributed by atoms with Crippen LogP contribution in [0.4, 0.5) is 5.69 Å². The molecule has 5 heteroatoms. The first-order chi connectivity index (χ1) is 7.56. The van der Waals surface area contributed by atoms with Gasteiger partial charge in [0.15, 0.2) is 0 Å². The summed E-state index contributed by atoms with van der Waals surface area (Å²) in [5, 5.41) is 4.12. The van der Waals surface area contributed by atoms with E-state index in [4.69, 9.17) is 10.5 Å². The standard InChI is InChI=1S/C11H12BrN3O/c1-7-5-8(3-4-9(7)12)16-11-10(13)6-15(2)14-11/h3-6H,13H2,1-2H3. The number of nitrogen functional groups attached to an aromatic ring is 1. The van der Waals surface area contributed by atoms with Gasteiger partial charge < -0.3 is 10.5 Å². The molecule has 0 aliphatic carbocycles. The normalized spacial score (nSPS) is 10.4. The summed E-state index contributed by atoms with van der Waals surface area (Å²) in [6, 6.07) is 5.73. The lowest BCUT2D eigenvalue weighted by atomic mass is 10.2. The lowest BCUT2D eigenvalue weighted by Gasteiger charge is -2.05. The fourth-order valence-electron chi connectivity index (χ4n) is 1.36. The average Bonchev–Trinajstić information content (AvgIpc) is 2.51. The minimum absolute atomic E-state index is 0.434. The van der Waals surface area contributed by atoms with Gasteiger partial charge in [-0.3, -0.25) is 4.68 Å². The highest BCUT2D eigenvalue weighted by Gasteiger charge is 2.07. The second kappa shape index (κ2) is 4.17. The molecule has 0 aliphatic rings. The van der Waals surface area contributed by atoms with E-state index in [2.05, 4.69) is 21.0 Å². The highest BCUT2D eigenvalue weighted by Crippen LogP contribution is 2.28. The second-order valence-corrected chi connectivity index (χ2v) is 4.43. The van der Waals surface area contributed by atoms with Crippen LogP contribution in [-0.4, -0.2) is 9.78 Å². The second-order valence-electron chi connectivity index (χ2n) is 3.58. The van der Waals surface area contributed by atoms with Crippen LogP contribution >= 0.6 is 15.9 Å². The van der Waals surface area contributed by atoms with E-state index >= 15 is 0 Å². The Morgan fingerprint density at radius 2 is 2.19 bits per heavy atom. The third-order valence-corrected chi connectivity index (χ3v) is 3.06. The Bertz CT molecular complexity index is 522. The number of hydrogen-bond acceptors (Lipinski definition) is 3. The van der Waals surface area contributed by atoms with E-state index in [9.17, 15) is 0 Å². The summed E-state index contributed by atoms with van der Waals surface area (Å²) < 4.78 is 8.26. The molecule has 0 bridgehead atoms. The molecular formula is C11H12BrN3O. The monoisotopic (exact) mass is 281 g/mol. The minimum Gasteiger partial charge on any atom is -0.436 e. The first-order valence-corrected chi connectivity index (χ1v) is 5.58. The van der Waals surface area contributed by atoms with E-state index < -0.39 is 0 Å². The molecule has 0 saturated carbocycles. The molecule has 0 atom stereocenters. The van der Waals surface area contributed by atoms with Crippen molar-refractivity contribution in [3.05, 3.63) is 34.4 Å². The molecule has 0 aliphatic heterocycles. The third-order valence-electron chi connectivity index (χ3n) is 2.17. The molecule has 0 spiro atoms. The van der Waals surface area contributed by atoms with Crippen LogP contribution < -0.4 is 10.5 Å². The molecule has 2 aromatic rings. The number of rotatable bonds is 2. The van der Waals surface area contributed by atoms with Gasteiger partial charge in [-0.1, -0.05) is 15.9 Å². The zero-order valence-electron chi connectivity index (χ0n) is 9.07. The van der Waals surface area contributed by atoms with Crippen LogP contribution in [0, 0.1) is 6.92 Å². The highest BCUT2D eigenvalue weighted by molar-refractivity contribution is 9.10. The van der Waals surface area contributed by atoms with Crippen molar-refractivity contribution in [2.24, 2.45) is 7.05 Å². The molecule has 2 rings (SSSR count). The van der Waals surface area contributed by atoms with Gasteiger partial charge in [0.05, 0.1) is 6.20 Å². The van der Waals surface area contributed by atoms with Gasteiger partial charge in [0.2, 0.25) is 0 Å². The molecule has 1 aromatic heterocycles. The van der Waals surface area contributed by atoms with Crippen molar-refractivity contribution < 1.29 is 4.74 Å². The summed E-state index contributed by atoms with van der Waals surface area (Å²) >= 11 is 3.43. The molecule has 16 heavy (non-hydrogen) atoms. The number of hydrogen-bond donors (Lipinski definition) is 1. The van der Waals surface area contributed by atoms with Crippen molar-refractivity contribution >= 4 is 21.6 Å². The van der Waals surface area contributed by atoms with Gasteiger partial charge in [-0.25, -0.2) is 0 Å². The Labute approximate surface area is 102 Å². The fourth-order valence-corrected chi connectivity index (χ4v) is 1.60. The van der Waals surface area contributed by atoms with Gasteiger partial charge in [0.25, 0.3) is 5.88 Å². The lowest BCUT2D eigenvalue weighted by molar-refractivity contribution is 0.455. The summed E-state index contributed by atoms with van der Waals surface area (Å²) in [6.07, 6.45) is 1.71. The third kappa shape index (κ3) is 2.19. The van der Waals surface area contributed by atoms with Crippen LogP contribution in [0.15, 0.2) is 28.9 Å². The van der Waals surface area contributed by atoms with Crippen molar-refractivity contribution in [1.82, 2.24) is 9.78 Å². The Hall–Kier alpha value is -1.49. The predicted molar refractivity (Wildman–Crippen MR) is 66.6 cm³/mol. The maximum absolute atomic E-state index is 5.74. The topological polar surface area (TPSA) is 53.1 Å². The van der Waals surface area contributed by atoms with E-state index in [0.29, 0.717) is 11.6 Å². The van der Waals surface area contributed by atoms with E-state index in [1.54, 1.807) is 17.9 Å². The molecule has 0 saturated heterocycles. The molecule has 2 N–H and O–H groups in total. The van der Waals surface area contributed by atoms with Crippen molar-refractivity contribution in [2.75, 3.05) is 5.73 Å². The highest BCUT2D eigenvalue weighted by atomic mass is 79.9. The molecule has 1 heterocycles. The summed E-state index contributed by atoms with van der Waals surface area (Å²) in [5.41, 5.74) is 7.37. The number of aromatic nitrogens is 2. The van der Waals surface area contributed by atoms with Gasteiger partial charge >= 0.3 is 0 Å². The summed E-state index contributed by atoms with van der Waals surface area (Å²) in [4.78, 5) is 0. The summed E-state index contributed by atoms with van der Waals surface area (Å²) in [6.45, 7) is 2.00. The van der Waals surface area contributed by atoms with Crippen LogP contribution in [0.1, 0.15) is 5.56 Å². The molecule has 4 nitrogen and oxygen atoms in total. The zero-order valence-corrected chi connectivity index (χ0v) is 10.7. The van der Waals surface area contributed by atoms with Gasteiger partial charge in [-0.15, -0.1) is 5.10 Å². The average molecular weight is 282 g/mol. The smallest absolute Gasteiger partial charge is 0.261 e. The quantitative estimate of drug-likeness (QED) is 0.921. The van der Waals surface area contributed by atoms with Gasteiger partial charge in [-0.05, 0) is 30.7 Å². The number of halogens is 1. The van der Waals surface area contributed by atoms with E-state index in [1.807, 2.05) is 25.1 Å². The van der Waals surface area contributed by atoms with E-state index in [-0.39, 0.29) is 0 Å². The van der Waals surface area contributed by atoms with Crippen molar-refractivity contribution in [2.45, 2.75) is 6.92 Å². The summed E-state index contributed by atoms with van der Waals surface area (Å²) in [5.74, 6) is 1.16. The first kappa shape index (κ1) is 11.0. The largest absolute Gasteiger partial charge is 0.436 e. The molecule has 0 fully saturated rings. The molecule has 84 valence electrons. The van der Waals surface area contributed by atoms with Gasteiger partial charge in [-0.2, -0.15) is 0 Å². The number of ether oxygens (including phenoxy) is 1.